The van der Waals surface area contributed by atoms with E-state index in [-0.39, 0.29) is 17.9 Å². The first-order valence-electron chi connectivity index (χ1n) is 9.02. The van der Waals surface area contributed by atoms with Crippen molar-refractivity contribution < 1.29 is 9.53 Å². The molecule has 1 heterocycles. The number of anilines is 1. The summed E-state index contributed by atoms with van der Waals surface area (Å²) in [5, 5.41) is 4.03. The Morgan fingerprint density at radius 2 is 1.68 bits per heavy atom. The first kappa shape index (κ1) is 17.8. The molecule has 0 aliphatic carbocycles. The van der Waals surface area contributed by atoms with E-state index in [9.17, 15) is 9.59 Å². The van der Waals surface area contributed by atoms with Crippen molar-refractivity contribution in [3.8, 4) is 5.75 Å². The number of hydrogen-bond donors (Lipinski definition) is 1. The van der Waals surface area contributed by atoms with Gasteiger partial charge >= 0.3 is 0 Å². The average molecular weight is 372 g/mol. The zero-order valence-corrected chi connectivity index (χ0v) is 15.7. The summed E-state index contributed by atoms with van der Waals surface area (Å²) in [6.07, 6.45) is 0. The van der Waals surface area contributed by atoms with Crippen LogP contribution in [0.5, 0.6) is 5.75 Å². The van der Waals surface area contributed by atoms with Gasteiger partial charge in [-0.05, 0) is 49.4 Å². The third kappa shape index (κ3) is 3.22. The molecule has 5 nitrogen and oxygen atoms in total. The predicted octanol–water partition coefficient (Wildman–Crippen LogP) is 4.11. The van der Waals surface area contributed by atoms with Gasteiger partial charge in [0.15, 0.2) is 5.43 Å². The molecule has 0 saturated carbocycles. The molecule has 28 heavy (non-hydrogen) atoms. The monoisotopic (exact) mass is 372 g/mol. The van der Waals surface area contributed by atoms with Gasteiger partial charge in [0.05, 0.1) is 18.1 Å². The summed E-state index contributed by atoms with van der Waals surface area (Å²) in [7, 11) is 1.57. The van der Waals surface area contributed by atoms with Gasteiger partial charge in [0, 0.05) is 16.5 Å². The fourth-order valence-corrected chi connectivity index (χ4v) is 3.39. The van der Waals surface area contributed by atoms with Crippen LogP contribution in [-0.2, 0) is 11.3 Å². The molecule has 4 rings (SSSR count). The van der Waals surface area contributed by atoms with E-state index in [1.165, 1.54) is 0 Å². The largest absolute Gasteiger partial charge is 0.497 e. The molecule has 0 saturated heterocycles. The summed E-state index contributed by atoms with van der Waals surface area (Å²) in [5.41, 5.74) is 3.23. The Bertz CT molecular complexity index is 1240. The van der Waals surface area contributed by atoms with Crippen LogP contribution in [0, 0.1) is 6.92 Å². The third-order valence-corrected chi connectivity index (χ3v) is 4.82. The molecular formula is C23H20N2O3. The summed E-state index contributed by atoms with van der Waals surface area (Å²) in [6.45, 7) is 2.09. The number of nitrogens with one attached hydrogen (secondary N) is 1. The Hall–Kier alpha value is -3.60. The van der Waals surface area contributed by atoms with Gasteiger partial charge in [0.25, 0.3) is 0 Å². The Morgan fingerprint density at radius 1 is 0.964 bits per heavy atom. The second kappa shape index (κ2) is 7.19. The molecule has 3 aromatic carbocycles. The predicted molar refractivity (Wildman–Crippen MR) is 112 cm³/mol. The van der Waals surface area contributed by atoms with E-state index in [2.05, 4.69) is 5.32 Å². The van der Waals surface area contributed by atoms with Crippen molar-refractivity contribution >= 4 is 33.4 Å². The normalized spacial score (nSPS) is 10.9. The lowest BCUT2D eigenvalue weighted by molar-refractivity contribution is -0.116. The smallest absolute Gasteiger partial charge is 0.244 e. The van der Waals surface area contributed by atoms with Crippen molar-refractivity contribution in [2.24, 2.45) is 0 Å². The van der Waals surface area contributed by atoms with Crippen molar-refractivity contribution in [3.05, 3.63) is 82.5 Å². The lowest BCUT2D eigenvalue weighted by Gasteiger charge is -2.16. The Morgan fingerprint density at radius 3 is 2.43 bits per heavy atom. The van der Waals surface area contributed by atoms with Crippen molar-refractivity contribution in [1.29, 1.82) is 0 Å². The zero-order chi connectivity index (χ0) is 19.7. The van der Waals surface area contributed by atoms with Gasteiger partial charge in [-0.1, -0.05) is 29.8 Å². The maximum atomic E-state index is 12.9. The first-order valence-corrected chi connectivity index (χ1v) is 9.02. The molecule has 0 unspecified atom stereocenters. The number of aryl methyl sites for hydroxylation is 1. The molecule has 1 N–H and O–H groups in total. The van der Waals surface area contributed by atoms with E-state index < -0.39 is 0 Å². The van der Waals surface area contributed by atoms with Gasteiger partial charge in [0.1, 0.15) is 12.3 Å². The number of hydrogen-bond acceptors (Lipinski definition) is 3. The highest BCUT2D eigenvalue weighted by Crippen LogP contribution is 2.23. The van der Waals surface area contributed by atoms with Crippen LogP contribution < -0.4 is 15.5 Å². The Labute approximate surface area is 162 Å². The third-order valence-electron chi connectivity index (χ3n) is 4.82. The number of amides is 1. The molecular weight excluding hydrogens is 352 g/mol. The maximum absolute atomic E-state index is 12.9. The highest BCUT2D eigenvalue weighted by atomic mass is 16.5. The fraction of sp³-hybridized carbons (Fsp3) is 0.130. The molecule has 0 aliphatic rings. The summed E-state index contributed by atoms with van der Waals surface area (Å²) < 4.78 is 7.14. The van der Waals surface area contributed by atoms with Crippen LogP contribution in [0.2, 0.25) is 0 Å². The molecule has 0 fully saturated rings. The minimum atomic E-state index is -0.158. The van der Waals surface area contributed by atoms with Crippen LogP contribution in [-0.4, -0.2) is 17.6 Å². The van der Waals surface area contributed by atoms with E-state index in [1.807, 2.05) is 60.0 Å². The number of pyridine rings is 1. The zero-order valence-electron chi connectivity index (χ0n) is 15.7. The summed E-state index contributed by atoms with van der Waals surface area (Å²) in [5.74, 6) is 0.449. The van der Waals surface area contributed by atoms with E-state index >= 15 is 0 Å². The van der Waals surface area contributed by atoms with Crippen LogP contribution in [0.1, 0.15) is 5.56 Å². The number of carbonyl (C=O) groups excluding carboxylic acids is 1. The minimum Gasteiger partial charge on any atom is -0.497 e. The number of aromatic nitrogens is 1. The lowest BCUT2D eigenvalue weighted by Crippen LogP contribution is -2.21. The molecule has 5 heteroatoms. The lowest BCUT2D eigenvalue weighted by atomic mass is 10.1. The summed E-state index contributed by atoms with van der Waals surface area (Å²) in [6, 6.07) is 20.3. The Balaban J connectivity index is 1.82. The fourth-order valence-electron chi connectivity index (χ4n) is 3.39. The maximum Gasteiger partial charge on any atom is 0.244 e. The Kier molecular flexibility index (Phi) is 4.57. The van der Waals surface area contributed by atoms with Crippen LogP contribution in [0.25, 0.3) is 21.8 Å². The van der Waals surface area contributed by atoms with Crippen LogP contribution in [0.4, 0.5) is 5.69 Å². The van der Waals surface area contributed by atoms with Crippen molar-refractivity contribution in [2.75, 3.05) is 12.4 Å². The van der Waals surface area contributed by atoms with E-state index in [0.717, 1.165) is 16.8 Å². The van der Waals surface area contributed by atoms with Crippen molar-refractivity contribution in [3.63, 3.8) is 0 Å². The van der Waals surface area contributed by atoms with Gasteiger partial charge in [-0.3, -0.25) is 9.59 Å². The molecule has 0 spiro atoms. The number of rotatable bonds is 4. The summed E-state index contributed by atoms with van der Waals surface area (Å²) >= 11 is 0. The standard InChI is InChI=1S/C23H20N2O3/c1-15-7-9-16(10-8-15)24-22(26)14-25-20-6-4-3-5-18(20)23(27)19-13-17(28-2)11-12-21(19)25/h3-13H,14H2,1-2H3,(H,24,26). The molecule has 0 atom stereocenters. The molecule has 0 aliphatic heterocycles. The van der Waals surface area contributed by atoms with Crippen LogP contribution in [0.3, 0.4) is 0 Å². The number of methoxy groups -OCH3 is 1. The van der Waals surface area contributed by atoms with Crippen molar-refractivity contribution in [1.82, 2.24) is 4.57 Å². The average Bonchev–Trinajstić information content (AvgIpc) is 2.72. The van der Waals surface area contributed by atoms with Gasteiger partial charge in [-0.15, -0.1) is 0 Å². The second-order valence-corrected chi connectivity index (χ2v) is 6.73. The SMILES string of the molecule is COc1ccc2c(c1)c(=O)c1ccccc1n2CC(=O)Nc1ccc(C)cc1. The number of nitrogens with zero attached hydrogens (tertiary/aromatic N) is 1. The topological polar surface area (TPSA) is 60.3 Å². The van der Waals surface area contributed by atoms with Gasteiger partial charge in [-0.2, -0.15) is 0 Å². The highest BCUT2D eigenvalue weighted by Gasteiger charge is 2.14. The first-order chi connectivity index (χ1) is 13.6. The second-order valence-electron chi connectivity index (χ2n) is 6.73. The molecule has 4 aromatic rings. The number of ether oxygens (including phenoxy) is 1. The van der Waals surface area contributed by atoms with Gasteiger partial charge in [0.2, 0.25) is 5.91 Å². The van der Waals surface area contributed by atoms with Gasteiger partial charge < -0.3 is 14.6 Å². The summed E-state index contributed by atoms with van der Waals surface area (Å²) in [4.78, 5) is 25.7. The molecule has 1 aromatic heterocycles. The van der Waals surface area contributed by atoms with Crippen LogP contribution >= 0.6 is 0 Å². The molecule has 0 radical (unpaired) electrons. The van der Waals surface area contributed by atoms with E-state index in [1.54, 1.807) is 25.3 Å². The van der Waals surface area contributed by atoms with E-state index in [4.69, 9.17) is 4.74 Å². The molecule has 140 valence electrons. The quantitative estimate of drug-likeness (QED) is 0.549. The van der Waals surface area contributed by atoms with Crippen LogP contribution in [0.15, 0.2) is 71.5 Å². The van der Waals surface area contributed by atoms with Crippen molar-refractivity contribution in [2.45, 2.75) is 13.5 Å². The highest BCUT2D eigenvalue weighted by molar-refractivity contribution is 5.97. The molecule has 1 amide bonds. The van der Waals surface area contributed by atoms with Gasteiger partial charge in [-0.25, -0.2) is 0 Å². The number of fused-ring (bicyclic) bond motifs is 2. The number of benzene rings is 3. The number of para-hydroxylation sites is 1. The van der Waals surface area contributed by atoms with E-state index in [0.29, 0.717) is 22.0 Å². The minimum absolute atomic E-state index is 0.0697. The molecule has 0 bridgehead atoms. The number of carbonyl (C=O) groups is 1.